The first-order valence-electron chi connectivity index (χ1n) is 7.61. The molecule has 6 N–H and O–H groups in total. The van der Waals surface area contributed by atoms with Crippen molar-refractivity contribution < 1.29 is 25.2 Å². The Bertz CT molecular complexity index is 792. The van der Waals surface area contributed by atoms with Gasteiger partial charge < -0.3 is 35.5 Å². The zero-order chi connectivity index (χ0) is 17.4. The van der Waals surface area contributed by atoms with E-state index < -0.39 is 37.3 Å². The smallest absolute Gasteiger partial charge is 0.248 e. The summed E-state index contributed by atoms with van der Waals surface area (Å²) < 4.78 is 5.10. The van der Waals surface area contributed by atoms with Gasteiger partial charge in [-0.15, -0.1) is 0 Å². The fraction of sp³-hybridized carbons (Fsp3) is 0.438. The van der Waals surface area contributed by atoms with Crippen molar-refractivity contribution in [3.05, 3.63) is 40.2 Å². The molecule has 0 saturated carbocycles. The number of fused-ring (bicyclic) bond motifs is 1. The van der Waals surface area contributed by atoms with Crippen molar-refractivity contribution in [3.63, 3.8) is 0 Å². The second kappa shape index (κ2) is 6.50. The van der Waals surface area contributed by atoms with E-state index in [1.165, 1.54) is 6.07 Å². The Balaban J connectivity index is 1.88. The molecule has 8 heteroatoms. The molecule has 1 aromatic heterocycles. The van der Waals surface area contributed by atoms with Crippen molar-refractivity contribution >= 4 is 16.6 Å². The Morgan fingerprint density at radius 3 is 2.67 bits per heavy atom. The number of ether oxygens (including phenoxy) is 1. The van der Waals surface area contributed by atoms with Crippen LogP contribution in [0.5, 0.6) is 0 Å². The molecule has 24 heavy (non-hydrogen) atoms. The highest BCUT2D eigenvalue weighted by atomic mass is 16.6. The Kier molecular flexibility index (Phi) is 4.57. The average Bonchev–Trinajstić information content (AvgIpc) is 2.54. The summed E-state index contributed by atoms with van der Waals surface area (Å²) in [7, 11) is 0. The maximum Gasteiger partial charge on any atom is 0.248 e. The van der Waals surface area contributed by atoms with E-state index in [0.717, 1.165) is 10.9 Å². The van der Waals surface area contributed by atoms with Crippen LogP contribution in [0.15, 0.2) is 29.1 Å². The van der Waals surface area contributed by atoms with Crippen LogP contribution < -0.4 is 10.9 Å². The minimum Gasteiger partial charge on any atom is -0.394 e. The van der Waals surface area contributed by atoms with Crippen molar-refractivity contribution in [1.29, 1.82) is 0 Å². The standard InChI is InChI=1S/C16H20N2O6/c1-7-4-12(20)18-10-5-8(2-3-9(7)10)17-13-15(22)14(21)11(6-19)24-16(13)23/h2-5,11,13-17,19,21-23H,6H2,1H3,(H,18,20)/t11?,13?,14-,15?,16?/m1/s1. The van der Waals surface area contributed by atoms with Crippen molar-refractivity contribution in [2.45, 2.75) is 37.6 Å². The number of anilines is 1. The first-order chi connectivity index (χ1) is 11.4. The molecule has 2 heterocycles. The number of hydrogen-bond acceptors (Lipinski definition) is 7. The number of pyridine rings is 1. The van der Waals surface area contributed by atoms with Crippen molar-refractivity contribution in [2.24, 2.45) is 0 Å². The maximum atomic E-state index is 11.6. The Labute approximate surface area is 137 Å². The summed E-state index contributed by atoms with van der Waals surface area (Å²) >= 11 is 0. The third kappa shape index (κ3) is 3.02. The van der Waals surface area contributed by atoms with E-state index in [9.17, 15) is 20.1 Å². The second-order valence-corrected chi connectivity index (χ2v) is 5.98. The first-order valence-corrected chi connectivity index (χ1v) is 7.61. The Morgan fingerprint density at radius 2 is 1.96 bits per heavy atom. The Hall–Kier alpha value is -1.97. The number of aromatic nitrogens is 1. The summed E-state index contributed by atoms with van der Waals surface area (Å²) in [5, 5.41) is 42.9. The van der Waals surface area contributed by atoms with Gasteiger partial charge in [-0.05, 0) is 24.6 Å². The summed E-state index contributed by atoms with van der Waals surface area (Å²) in [6.45, 7) is 1.32. The van der Waals surface area contributed by atoms with Crippen LogP contribution in [0.2, 0.25) is 0 Å². The third-order valence-corrected chi connectivity index (χ3v) is 4.28. The predicted octanol–water partition coefficient (Wildman–Crippen LogP) is -0.952. The minimum absolute atomic E-state index is 0.223. The molecule has 4 unspecified atom stereocenters. The number of aromatic amines is 1. The van der Waals surface area contributed by atoms with Gasteiger partial charge in [0.2, 0.25) is 5.56 Å². The van der Waals surface area contributed by atoms with E-state index >= 15 is 0 Å². The van der Waals surface area contributed by atoms with Crippen LogP contribution in [0.1, 0.15) is 5.56 Å². The van der Waals surface area contributed by atoms with E-state index in [-0.39, 0.29) is 5.56 Å². The van der Waals surface area contributed by atoms with Crippen LogP contribution in [-0.2, 0) is 4.74 Å². The van der Waals surface area contributed by atoms with Crippen molar-refractivity contribution in [2.75, 3.05) is 11.9 Å². The molecule has 0 bridgehead atoms. The lowest BCUT2D eigenvalue weighted by Gasteiger charge is -2.40. The van der Waals surface area contributed by atoms with Crippen LogP contribution in [-0.4, -0.2) is 62.7 Å². The lowest BCUT2D eigenvalue weighted by atomic mass is 9.96. The van der Waals surface area contributed by atoms with Gasteiger partial charge >= 0.3 is 0 Å². The van der Waals surface area contributed by atoms with Gasteiger partial charge in [-0.1, -0.05) is 6.07 Å². The molecule has 0 aliphatic carbocycles. The maximum absolute atomic E-state index is 11.6. The molecular formula is C16H20N2O6. The molecule has 2 aromatic rings. The van der Waals surface area contributed by atoms with Crippen molar-refractivity contribution in [3.8, 4) is 0 Å². The number of benzene rings is 1. The zero-order valence-electron chi connectivity index (χ0n) is 13.0. The number of hydrogen-bond donors (Lipinski definition) is 6. The largest absolute Gasteiger partial charge is 0.394 e. The van der Waals surface area contributed by atoms with Crippen LogP contribution in [0.25, 0.3) is 10.9 Å². The number of aliphatic hydroxyl groups is 4. The molecule has 8 nitrogen and oxygen atoms in total. The van der Waals surface area contributed by atoms with E-state index in [1.807, 2.05) is 6.92 Å². The molecular weight excluding hydrogens is 316 g/mol. The summed E-state index contributed by atoms with van der Waals surface area (Å²) in [6.07, 6.45) is -5.13. The van der Waals surface area contributed by atoms with E-state index in [4.69, 9.17) is 9.84 Å². The van der Waals surface area contributed by atoms with Crippen LogP contribution >= 0.6 is 0 Å². The van der Waals surface area contributed by atoms with Gasteiger partial charge in [0, 0.05) is 17.1 Å². The molecule has 1 fully saturated rings. The molecule has 0 amide bonds. The fourth-order valence-corrected chi connectivity index (χ4v) is 2.97. The fourth-order valence-electron chi connectivity index (χ4n) is 2.97. The van der Waals surface area contributed by atoms with E-state index in [0.29, 0.717) is 11.2 Å². The summed E-state index contributed by atoms with van der Waals surface area (Å²) in [5.41, 5.74) is 1.76. The number of H-pyrrole nitrogens is 1. The van der Waals surface area contributed by atoms with E-state index in [2.05, 4.69) is 10.3 Å². The SMILES string of the molecule is Cc1cc(=O)[nH]c2cc(NC3C(O)OC(CO)[C@@H](O)C3O)ccc12. The monoisotopic (exact) mass is 336 g/mol. The van der Waals surface area contributed by atoms with Gasteiger partial charge in [0.15, 0.2) is 6.29 Å². The average molecular weight is 336 g/mol. The molecule has 1 aliphatic heterocycles. The van der Waals surface area contributed by atoms with Crippen LogP contribution in [0.4, 0.5) is 5.69 Å². The zero-order valence-corrected chi connectivity index (χ0v) is 13.0. The van der Waals surface area contributed by atoms with Gasteiger partial charge in [-0.3, -0.25) is 4.79 Å². The van der Waals surface area contributed by atoms with Crippen LogP contribution in [0.3, 0.4) is 0 Å². The highest BCUT2D eigenvalue weighted by Gasteiger charge is 2.43. The van der Waals surface area contributed by atoms with Crippen LogP contribution in [0, 0.1) is 6.92 Å². The highest BCUT2D eigenvalue weighted by molar-refractivity contribution is 5.84. The molecule has 1 aliphatic rings. The number of aryl methyl sites for hydroxylation is 1. The van der Waals surface area contributed by atoms with Gasteiger partial charge in [0.1, 0.15) is 24.4 Å². The van der Waals surface area contributed by atoms with Gasteiger partial charge in [0.05, 0.1) is 12.1 Å². The number of rotatable bonds is 3. The molecule has 130 valence electrons. The first kappa shape index (κ1) is 16.9. The molecule has 0 radical (unpaired) electrons. The molecule has 1 saturated heterocycles. The quantitative estimate of drug-likeness (QED) is 0.425. The summed E-state index contributed by atoms with van der Waals surface area (Å²) in [6, 6.07) is 5.73. The molecule has 5 atom stereocenters. The van der Waals surface area contributed by atoms with Crippen molar-refractivity contribution in [1.82, 2.24) is 4.98 Å². The number of aliphatic hydroxyl groups excluding tert-OH is 4. The van der Waals surface area contributed by atoms with Gasteiger partial charge in [0.25, 0.3) is 0 Å². The molecule has 1 aromatic carbocycles. The van der Waals surface area contributed by atoms with Gasteiger partial charge in [-0.2, -0.15) is 0 Å². The number of nitrogens with one attached hydrogen (secondary N) is 2. The summed E-state index contributed by atoms with van der Waals surface area (Å²) in [4.78, 5) is 14.3. The minimum atomic E-state index is -1.41. The molecule has 0 spiro atoms. The lowest BCUT2D eigenvalue weighted by molar-refractivity contribution is -0.245. The van der Waals surface area contributed by atoms with E-state index in [1.54, 1.807) is 18.2 Å². The third-order valence-electron chi connectivity index (χ3n) is 4.28. The summed E-state index contributed by atoms with van der Waals surface area (Å²) in [5.74, 6) is 0. The lowest BCUT2D eigenvalue weighted by Crippen LogP contribution is -2.61. The topological polar surface area (TPSA) is 135 Å². The van der Waals surface area contributed by atoms with Gasteiger partial charge in [-0.25, -0.2) is 0 Å². The molecule has 3 rings (SSSR count). The highest BCUT2D eigenvalue weighted by Crippen LogP contribution is 2.25. The normalized spacial score (nSPS) is 30.5. The second-order valence-electron chi connectivity index (χ2n) is 5.98. The Morgan fingerprint density at radius 1 is 1.21 bits per heavy atom. The predicted molar refractivity (Wildman–Crippen MR) is 86.7 cm³/mol.